The third-order valence-corrected chi connectivity index (χ3v) is 5.87. The van der Waals surface area contributed by atoms with Crippen molar-refractivity contribution in [1.29, 1.82) is 0 Å². The van der Waals surface area contributed by atoms with Crippen LogP contribution in [0.25, 0.3) is 0 Å². The summed E-state index contributed by atoms with van der Waals surface area (Å²) < 4.78 is 16.9. The Hall–Kier alpha value is -2.42. The number of urea groups is 1. The molecule has 0 bridgehead atoms. The molecule has 2 saturated heterocycles. The smallest absolute Gasteiger partial charge is 0.338 e. The first-order valence-electron chi connectivity index (χ1n) is 10.5. The van der Waals surface area contributed by atoms with Crippen molar-refractivity contribution in [2.45, 2.75) is 38.5 Å². The minimum atomic E-state index is -0.550. The molecular weight excluding hydrogens is 386 g/mol. The molecule has 1 spiro atoms. The maximum absolute atomic E-state index is 12.9. The van der Waals surface area contributed by atoms with E-state index in [1.54, 1.807) is 6.92 Å². The Morgan fingerprint density at radius 2 is 1.87 bits per heavy atom. The highest BCUT2D eigenvalue weighted by Gasteiger charge is 2.41. The van der Waals surface area contributed by atoms with Crippen molar-refractivity contribution in [2.24, 2.45) is 0 Å². The summed E-state index contributed by atoms with van der Waals surface area (Å²) in [5, 5.41) is 5.73. The predicted octanol–water partition coefficient (Wildman–Crippen LogP) is 2.01. The molecule has 2 amide bonds. The average Bonchev–Trinajstić information content (AvgIpc) is 3.18. The zero-order valence-corrected chi connectivity index (χ0v) is 17.5. The van der Waals surface area contributed by atoms with Crippen LogP contribution in [0, 0.1) is 6.92 Å². The molecule has 162 valence electrons. The third-order valence-electron chi connectivity index (χ3n) is 5.87. The molecule has 3 heterocycles. The highest BCUT2D eigenvalue weighted by molar-refractivity contribution is 5.95. The molecule has 2 fully saturated rings. The van der Waals surface area contributed by atoms with E-state index in [0.29, 0.717) is 31.0 Å². The quantitative estimate of drug-likeness (QED) is 0.715. The van der Waals surface area contributed by atoms with Gasteiger partial charge in [-0.3, -0.25) is 4.90 Å². The second-order valence-electron chi connectivity index (χ2n) is 7.94. The highest BCUT2D eigenvalue weighted by atomic mass is 16.7. The molecule has 1 atom stereocenters. The molecule has 4 rings (SSSR count). The molecule has 0 radical (unpaired) electrons. The number of carbonyl (C=O) groups is 2. The first kappa shape index (κ1) is 20.8. The molecule has 3 aliphatic rings. The van der Waals surface area contributed by atoms with Crippen molar-refractivity contribution in [2.75, 3.05) is 39.5 Å². The number of ether oxygens (including phenoxy) is 3. The van der Waals surface area contributed by atoms with E-state index in [-0.39, 0.29) is 12.6 Å². The molecule has 1 aromatic rings. The van der Waals surface area contributed by atoms with E-state index in [1.807, 2.05) is 31.2 Å². The van der Waals surface area contributed by atoms with Gasteiger partial charge in [0.05, 0.1) is 31.4 Å². The fourth-order valence-corrected chi connectivity index (χ4v) is 4.26. The van der Waals surface area contributed by atoms with E-state index in [2.05, 4.69) is 15.5 Å². The number of benzene rings is 1. The minimum Gasteiger partial charge on any atom is -0.463 e. The zero-order valence-electron chi connectivity index (χ0n) is 17.5. The Labute approximate surface area is 176 Å². The van der Waals surface area contributed by atoms with Gasteiger partial charge in [0.15, 0.2) is 5.79 Å². The standard InChI is InChI=1S/C22H29N3O5/c1-3-28-20(26)18-17(14-25-10-8-22(9-11-25)29-12-13-30-22)23-21(27)24-19(18)16-6-4-15(2)5-7-16/h4-7,19H,3,8-14H2,1-2H3,(H2,23,24,27)/t19-/m0/s1. The van der Waals surface area contributed by atoms with Crippen molar-refractivity contribution < 1.29 is 23.8 Å². The summed E-state index contributed by atoms with van der Waals surface area (Å²) in [5.41, 5.74) is 3.00. The van der Waals surface area contributed by atoms with E-state index in [1.165, 1.54) is 0 Å². The van der Waals surface area contributed by atoms with E-state index < -0.39 is 17.8 Å². The summed E-state index contributed by atoms with van der Waals surface area (Å²) in [6.45, 7) is 7.30. The maximum Gasteiger partial charge on any atom is 0.338 e. The first-order chi connectivity index (χ1) is 14.5. The lowest BCUT2D eigenvalue weighted by Crippen LogP contribution is -2.51. The molecule has 8 nitrogen and oxygen atoms in total. The van der Waals surface area contributed by atoms with Crippen LogP contribution in [0.4, 0.5) is 4.79 Å². The lowest BCUT2D eigenvalue weighted by Gasteiger charge is -2.39. The number of nitrogens with one attached hydrogen (secondary N) is 2. The minimum absolute atomic E-state index is 0.269. The molecule has 0 unspecified atom stereocenters. The van der Waals surface area contributed by atoms with E-state index in [9.17, 15) is 9.59 Å². The van der Waals surface area contributed by atoms with Gasteiger partial charge in [-0.05, 0) is 19.4 Å². The molecule has 2 N–H and O–H groups in total. The van der Waals surface area contributed by atoms with E-state index in [0.717, 1.165) is 37.1 Å². The Morgan fingerprint density at radius 3 is 2.50 bits per heavy atom. The number of esters is 1. The Balaban J connectivity index is 1.59. The summed E-state index contributed by atoms with van der Waals surface area (Å²) in [5.74, 6) is -0.877. The lowest BCUT2D eigenvalue weighted by molar-refractivity contribution is -0.184. The lowest BCUT2D eigenvalue weighted by atomic mass is 9.94. The fourth-order valence-electron chi connectivity index (χ4n) is 4.26. The number of likely N-dealkylation sites (tertiary alicyclic amines) is 1. The van der Waals surface area contributed by atoms with Gasteiger partial charge in [0.1, 0.15) is 0 Å². The van der Waals surface area contributed by atoms with Gasteiger partial charge in [0.25, 0.3) is 0 Å². The summed E-state index contributed by atoms with van der Waals surface area (Å²) in [4.78, 5) is 27.5. The van der Waals surface area contributed by atoms with Crippen molar-refractivity contribution >= 4 is 12.0 Å². The first-order valence-corrected chi connectivity index (χ1v) is 10.5. The number of rotatable bonds is 5. The normalized spacial score (nSPS) is 23.9. The average molecular weight is 415 g/mol. The van der Waals surface area contributed by atoms with Crippen LogP contribution < -0.4 is 10.6 Å². The number of amides is 2. The Morgan fingerprint density at radius 1 is 1.20 bits per heavy atom. The van der Waals surface area contributed by atoms with Gasteiger partial charge in [-0.1, -0.05) is 29.8 Å². The van der Waals surface area contributed by atoms with Crippen molar-refractivity contribution in [3.63, 3.8) is 0 Å². The van der Waals surface area contributed by atoms with Crippen LogP contribution in [0.15, 0.2) is 35.5 Å². The summed E-state index contributed by atoms with van der Waals surface area (Å²) in [6, 6.07) is 6.93. The van der Waals surface area contributed by atoms with Gasteiger partial charge in [0, 0.05) is 38.2 Å². The molecule has 0 saturated carbocycles. The van der Waals surface area contributed by atoms with Crippen LogP contribution in [0.2, 0.25) is 0 Å². The molecule has 0 aromatic heterocycles. The van der Waals surface area contributed by atoms with E-state index >= 15 is 0 Å². The van der Waals surface area contributed by atoms with Crippen LogP contribution >= 0.6 is 0 Å². The Kier molecular flexibility index (Phi) is 6.08. The number of hydrogen-bond donors (Lipinski definition) is 2. The highest BCUT2D eigenvalue weighted by Crippen LogP contribution is 2.33. The van der Waals surface area contributed by atoms with Gasteiger partial charge >= 0.3 is 12.0 Å². The number of hydrogen-bond acceptors (Lipinski definition) is 6. The van der Waals surface area contributed by atoms with Crippen LogP contribution in [0.5, 0.6) is 0 Å². The van der Waals surface area contributed by atoms with Gasteiger partial charge in [-0.2, -0.15) is 0 Å². The fraction of sp³-hybridized carbons (Fsp3) is 0.545. The molecule has 1 aromatic carbocycles. The molecular formula is C22H29N3O5. The van der Waals surface area contributed by atoms with Gasteiger partial charge in [0.2, 0.25) is 0 Å². The molecule has 3 aliphatic heterocycles. The maximum atomic E-state index is 12.9. The molecule has 8 heteroatoms. The topological polar surface area (TPSA) is 89.1 Å². The largest absolute Gasteiger partial charge is 0.463 e. The van der Waals surface area contributed by atoms with Crippen LogP contribution in [0.1, 0.15) is 36.9 Å². The number of aryl methyl sites for hydroxylation is 1. The molecule has 30 heavy (non-hydrogen) atoms. The van der Waals surface area contributed by atoms with Gasteiger partial charge < -0.3 is 24.8 Å². The molecule has 0 aliphatic carbocycles. The summed E-state index contributed by atoms with van der Waals surface area (Å²) in [6.07, 6.45) is 1.53. The van der Waals surface area contributed by atoms with Crippen LogP contribution in [-0.2, 0) is 19.0 Å². The second-order valence-corrected chi connectivity index (χ2v) is 7.94. The van der Waals surface area contributed by atoms with E-state index in [4.69, 9.17) is 14.2 Å². The Bertz CT molecular complexity index is 820. The van der Waals surface area contributed by atoms with Crippen LogP contribution in [0.3, 0.4) is 0 Å². The summed E-state index contributed by atoms with van der Waals surface area (Å²) in [7, 11) is 0. The number of piperidine rings is 1. The number of nitrogens with zero attached hydrogens (tertiary/aromatic N) is 1. The van der Waals surface area contributed by atoms with Gasteiger partial charge in [-0.25, -0.2) is 9.59 Å². The monoisotopic (exact) mass is 415 g/mol. The van der Waals surface area contributed by atoms with Crippen molar-refractivity contribution in [3.8, 4) is 0 Å². The second kappa shape index (κ2) is 8.75. The predicted molar refractivity (Wildman–Crippen MR) is 110 cm³/mol. The number of carbonyl (C=O) groups excluding carboxylic acids is 2. The van der Waals surface area contributed by atoms with Crippen LogP contribution in [-0.4, -0.2) is 62.1 Å². The summed E-state index contributed by atoms with van der Waals surface area (Å²) >= 11 is 0. The zero-order chi connectivity index (χ0) is 21.1. The SMILES string of the molecule is CCOC(=O)C1=C(CN2CCC3(CC2)OCCO3)NC(=O)N[C@H]1c1ccc(C)cc1. The van der Waals surface area contributed by atoms with Crippen molar-refractivity contribution in [3.05, 3.63) is 46.7 Å². The van der Waals surface area contributed by atoms with Crippen molar-refractivity contribution in [1.82, 2.24) is 15.5 Å². The third kappa shape index (κ3) is 4.35. The van der Waals surface area contributed by atoms with Gasteiger partial charge in [-0.15, -0.1) is 0 Å².